The van der Waals surface area contributed by atoms with Crippen LogP contribution in [0.1, 0.15) is 5.48 Å². The van der Waals surface area contributed by atoms with Crippen LogP contribution in [0.5, 0.6) is 0 Å². The Hall–Kier alpha value is -6.42. The number of aromatic nitrogens is 2. The third-order valence-electron chi connectivity index (χ3n) is 10.4. The van der Waals surface area contributed by atoms with E-state index in [0.29, 0.717) is 10.9 Å². The van der Waals surface area contributed by atoms with E-state index in [9.17, 15) is 0 Å². The maximum Gasteiger partial charge on any atom is 0.179 e. The molecule has 0 atom stereocenters. The fourth-order valence-electron chi connectivity index (χ4n) is 8.26. The highest BCUT2D eigenvalue weighted by Crippen LogP contribution is 2.36. The van der Waals surface area contributed by atoms with Gasteiger partial charge >= 0.3 is 0 Å². The zero-order valence-electron chi connectivity index (χ0n) is 31.7. The van der Waals surface area contributed by atoms with Crippen molar-refractivity contribution in [1.82, 2.24) is 9.13 Å². The zero-order chi connectivity index (χ0) is 37.3. The molecule has 0 aliphatic rings. The van der Waals surface area contributed by atoms with Crippen LogP contribution in [0.25, 0.3) is 55.0 Å². The van der Waals surface area contributed by atoms with Crippen molar-refractivity contribution in [3.05, 3.63) is 206 Å². The first kappa shape index (κ1) is 25.5. The van der Waals surface area contributed by atoms with Crippen molar-refractivity contribution in [2.75, 3.05) is 0 Å². The molecule has 0 aliphatic carbocycles. The van der Waals surface area contributed by atoms with Crippen LogP contribution in [-0.2, 0) is 0 Å². The van der Waals surface area contributed by atoms with Gasteiger partial charge in [0, 0.05) is 32.9 Å². The Labute approximate surface area is 303 Å². The summed E-state index contributed by atoms with van der Waals surface area (Å²) in [7, 11) is -2.77. The maximum atomic E-state index is 9.00. The van der Waals surface area contributed by atoms with Gasteiger partial charge < -0.3 is 9.13 Å². The molecular weight excluding hydrogens is 633 g/mol. The molecule has 51 heavy (non-hydrogen) atoms. The summed E-state index contributed by atoms with van der Waals surface area (Å²) in [6.45, 7) is 0. The minimum atomic E-state index is -2.77. The summed E-state index contributed by atoms with van der Waals surface area (Å²) in [6, 6.07) is 64.2. The van der Waals surface area contributed by atoms with Gasteiger partial charge in [0.15, 0.2) is 8.07 Å². The Bertz CT molecular complexity index is 2990. The van der Waals surface area contributed by atoms with E-state index in [1.165, 1.54) is 20.7 Å². The summed E-state index contributed by atoms with van der Waals surface area (Å²) in [4.78, 5) is 0. The van der Waals surface area contributed by atoms with Crippen LogP contribution in [0.2, 0.25) is 0 Å². The molecule has 3 heteroatoms. The molecule has 240 valence electrons. The van der Waals surface area contributed by atoms with Crippen molar-refractivity contribution in [2.24, 2.45) is 0 Å². The highest BCUT2D eigenvalue weighted by molar-refractivity contribution is 7.19. The van der Waals surface area contributed by atoms with E-state index in [1.807, 2.05) is 28.8 Å². The molecule has 0 saturated heterocycles. The first-order chi connectivity index (χ1) is 27.0. The summed E-state index contributed by atoms with van der Waals surface area (Å²) in [6.07, 6.45) is 0. The molecule has 0 radical (unpaired) electrons. The molecule has 0 bridgehead atoms. The summed E-state index contributed by atoms with van der Waals surface area (Å²) >= 11 is 0. The number of benzene rings is 8. The quantitative estimate of drug-likeness (QED) is 0.123. The molecule has 2 heterocycles. The number of hydrogen-bond acceptors (Lipinski definition) is 0. The van der Waals surface area contributed by atoms with Crippen LogP contribution in [0.15, 0.2) is 206 Å². The summed E-state index contributed by atoms with van der Waals surface area (Å²) in [5.41, 5.74) is 5.36. The van der Waals surface area contributed by atoms with E-state index in [2.05, 4.69) is 162 Å². The molecule has 0 saturated carbocycles. The normalized spacial score (nSPS) is 13.0. The fraction of sp³-hybridized carbons (Fsp3) is 0. The van der Waals surface area contributed by atoms with E-state index in [1.54, 1.807) is 0 Å². The molecule has 0 amide bonds. The smallest absolute Gasteiger partial charge is 0.179 e. The van der Waals surface area contributed by atoms with E-state index in [4.69, 9.17) is 5.48 Å². The molecule has 2 aromatic heterocycles. The molecule has 10 rings (SSSR count). The average molecular weight is 671 g/mol. The summed E-state index contributed by atoms with van der Waals surface area (Å²) in [5.74, 6) is 0. The van der Waals surface area contributed by atoms with Crippen LogP contribution < -0.4 is 20.7 Å². The van der Waals surface area contributed by atoms with Gasteiger partial charge in [-0.3, -0.25) is 0 Å². The largest absolute Gasteiger partial charge is 0.309 e. The fourth-order valence-corrected chi connectivity index (χ4v) is 13.0. The number of nitrogens with zero attached hydrogens (tertiary/aromatic N) is 2. The second-order valence-electron chi connectivity index (χ2n) is 13.0. The monoisotopic (exact) mass is 670 g/mol. The van der Waals surface area contributed by atoms with Crippen LogP contribution in [0.3, 0.4) is 0 Å². The van der Waals surface area contributed by atoms with Gasteiger partial charge in [-0.2, -0.15) is 0 Å². The molecular formula is C48H34N2Si. The second kappa shape index (κ2) is 11.9. The summed E-state index contributed by atoms with van der Waals surface area (Å²) < 4.78 is 39.2. The Morgan fingerprint density at radius 3 is 1.43 bits per heavy atom. The highest BCUT2D eigenvalue weighted by atomic mass is 28.3. The van der Waals surface area contributed by atoms with Gasteiger partial charge in [0.1, 0.15) is 0 Å². The minimum absolute atomic E-state index is 0.0235. The van der Waals surface area contributed by atoms with Gasteiger partial charge in [0.25, 0.3) is 0 Å². The van der Waals surface area contributed by atoms with Gasteiger partial charge in [-0.1, -0.05) is 158 Å². The van der Waals surface area contributed by atoms with E-state index < -0.39 is 8.07 Å². The van der Waals surface area contributed by atoms with Gasteiger partial charge in [-0.15, -0.1) is 0 Å². The lowest BCUT2D eigenvalue weighted by atomic mass is 10.1. The van der Waals surface area contributed by atoms with Gasteiger partial charge in [0.2, 0.25) is 0 Å². The second-order valence-corrected chi connectivity index (χ2v) is 16.8. The van der Waals surface area contributed by atoms with Crippen LogP contribution in [0.4, 0.5) is 0 Å². The van der Waals surface area contributed by atoms with Gasteiger partial charge in [-0.05, 0) is 69.3 Å². The summed E-state index contributed by atoms with van der Waals surface area (Å²) in [5, 5.41) is 8.74. The van der Waals surface area contributed by atoms with E-state index in [0.717, 1.165) is 44.1 Å². The topological polar surface area (TPSA) is 9.86 Å². The van der Waals surface area contributed by atoms with Gasteiger partial charge in [0.05, 0.1) is 27.5 Å². The SMILES string of the molecule is [2H]c1c([2H])c([2H])c2c(c1[2H])c1ccccc1n2-c1ccc2c(c1)c1ccccc1n2-c1cccc([Si](c2ccccc2)(c2ccccc2)c2ccccc2)c1. The predicted molar refractivity (Wildman–Crippen MR) is 219 cm³/mol. The molecule has 0 spiro atoms. The Morgan fingerprint density at radius 2 is 0.804 bits per heavy atom. The van der Waals surface area contributed by atoms with Crippen molar-refractivity contribution in [1.29, 1.82) is 0 Å². The standard InChI is InChI=1S/C48H34N2Si/c1-4-18-37(19-5-1)51(38-20-6-2-7-21-38,39-22-8-3-9-23-39)40-24-16-17-35(33-40)49-47-30-15-12-27-43(47)44-34-36(31-32-48(44)49)50-45-28-13-10-25-41(45)42-26-11-14-29-46(42)50/h1-34H/i10D,13D,25D,28D. The zero-order valence-corrected chi connectivity index (χ0v) is 28.7. The van der Waals surface area contributed by atoms with Crippen LogP contribution in [0, 0.1) is 0 Å². The predicted octanol–water partition coefficient (Wildman–Crippen LogP) is 9.26. The van der Waals surface area contributed by atoms with Crippen molar-refractivity contribution >= 4 is 72.4 Å². The first-order valence-corrected chi connectivity index (χ1v) is 19.3. The Balaban J connectivity index is 1.24. The lowest BCUT2D eigenvalue weighted by molar-refractivity contribution is 1.17. The molecule has 10 aromatic rings. The van der Waals surface area contributed by atoms with E-state index >= 15 is 0 Å². The Morgan fingerprint density at radius 1 is 0.333 bits per heavy atom. The van der Waals surface area contributed by atoms with Crippen molar-refractivity contribution in [3.63, 3.8) is 0 Å². The molecule has 0 unspecified atom stereocenters. The lowest BCUT2D eigenvalue weighted by Gasteiger charge is -2.34. The first-order valence-electron chi connectivity index (χ1n) is 19.3. The molecule has 0 aliphatic heterocycles. The molecule has 0 N–H and O–H groups in total. The third-order valence-corrected chi connectivity index (χ3v) is 15.2. The van der Waals surface area contributed by atoms with Crippen LogP contribution in [-0.4, -0.2) is 17.2 Å². The number of para-hydroxylation sites is 3. The van der Waals surface area contributed by atoms with Crippen molar-refractivity contribution in [3.8, 4) is 11.4 Å². The van der Waals surface area contributed by atoms with Crippen LogP contribution >= 0.6 is 0 Å². The molecule has 2 nitrogen and oxygen atoms in total. The highest BCUT2D eigenvalue weighted by Gasteiger charge is 2.41. The maximum absolute atomic E-state index is 9.00. The molecule has 8 aromatic carbocycles. The number of fused-ring (bicyclic) bond motifs is 6. The number of rotatable bonds is 6. The average Bonchev–Trinajstić information content (AvgIpc) is 3.77. The minimum Gasteiger partial charge on any atom is -0.309 e. The van der Waals surface area contributed by atoms with Gasteiger partial charge in [-0.25, -0.2) is 0 Å². The van der Waals surface area contributed by atoms with Crippen molar-refractivity contribution in [2.45, 2.75) is 0 Å². The van der Waals surface area contributed by atoms with E-state index in [-0.39, 0.29) is 24.2 Å². The number of hydrogen-bond donors (Lipinski definition) is 0. The van der Waals surface area contributed by atoms with Crippen molar-refractivity contribution < 1.29 is 5.48 Å². The molecule has 0 fully saturated rings. The third kappa shape index (κ3) is 4.49. The Kier molecular flexibility index (Phi) is 5.94. The lowest BCUT2D eigenvalue weighted by Crippen LogP contribution is -2.74.